The fourth-order valence-corrected chi connectivity index (χ4v) is 4.74. The number of hydrazone groups is 1. The molecular formula is C27H32FN3O3. The highest BCUT2D eigenvalue weighted by Gasteiger charge is 2.37. The minimum absolute atomic E-state index is 0.0685. The molecule has 7 heteroatoms. The molecule has 2 aromatic carbocycles. The molecule has 2 aromatic rings. The van der Waals surface area contributed by atoms with Crippen LogP contribution in [0.1, 0.15) is 60.9 Å². The lowest BCUT2D eigenvalue weighted by molar-refractivity contribution is -0.152. The number of carbonyl (C=O) groups excluding carboxylic acids is 2. The number of piperidine rings is 1. The normalized spacial score (nSPS) is 20.8. The zero-order valence-electron chi connectivity index (χ0n) is 20.1. The number of benzene rings is 2. The van der Waals surface area contributed by atoms with Crippen molar-refractivity contribution in [3.63, 3.8) is 0 Å². The van der Waals surface area contributed by atoms with Gasteiger partial charge in [0.05, 0.1) is 24.9 Å². The van der Waals surface area contributed by atoms with Crippen LogP contribution in [0.3, 0.4) is 0 Å². The third kappa shape index (κ3) is 5.20. The Hall–Kier alpha value is -3.06. The number of hydrogen-bond donors (Lipinski definition) is 0. The minimum atomic E-state index is -0.420. The lowest BCUT2D eigenvalue weighted by Crippen LogP contribution is -2.49. The Labute approximate surface area is 200 Å². The largest absolute Gasteiger partial charge is 0.465 e. The average molecular weight is 466 g/mol. The van der Waals surface area contributed by atoms with E-state index in [4.69, 9.17) is 9.84 Å². The van der Waals surface area contributed by atoms with E-state index >= 15 is 0 Å². The maximum Gasteiger partial charge on any atom is 0.323 e. The first-order valence-electron chi connectivity index (χ1n) is 12.0. The zero-order valence-corrected chi connectivity index (χ0v) is 20.1. The fraction of sp³-hybridized carbons (Fsp3) is 0.444. The molecule has 2 aliphatic heterocycles. The quantitative estimate of drug-likeness (QED) is 0.588. The molecule has 0 spiro atoms. The summed E-state index contributed by atoms with van der Waals surface area (Å²) in [7, 11) is 0. The van der Waals surface area contributed by atoms with Crippen LogP contribution >= 0.6 is 0 Å². The summed E-state index contributed by atoms with van der Waals surface area (Å²) in [5.74, 6) is -0.829. The number of halogens is 1. The highest BCUT2D eigenvalue weighted by Crippen LogP contribution is 2.34. The van der Waals surface area contributed by atoms with E-state index in [1.54, 1.807) is 13.0 Å². The molecule has 1 saturated heterocycles. The van der Waals surface area contributed by atoms with Gasteiger partial charge in [0.15, 0.2) is 0 Å². The van der Waals surface area contributed by atoms with E-state index in [9.17, 15) is 14.0 Å². The van der Waals surface area contributed by atoms with Crippen LogP contribution in [0.15, 0.2) is 47.6 Å². The van der Waals surface area contributed by atoms with Gasteiger partial charge < -0.3 is 4.74 Å². The number of esters is 1. The Balaban J connectivity index is 1.61. The van der Waals surface area contributed by atoms with Crippen LogP contribution < -0.4 is 0 Å². The van der Waals surface area contributed by atoms with Gasteiger partial charge in [-0.15, -0.1) is 0 Å². The van der Waals surface area contributed by atoms with E-state index < -0.39 is 12.1 Å². The molecule has 2 unspecified atom stereocenters. The van der Waals surface area contributed by atoms with E-state index in [1.807, 2.05) is 30.0 Å². The molecule has 180 valence electrons. The van der Waals surface area contributed by atoms with E-state index in [2.05, 4.69) is 13.0 Å². The van der Waals surface area contributed by atoms with Gasteiger partial charge in [-0.25, -0.2) is 9.40 Å². The molecule has 0 aliphatic carbocycles. The van der Waals surface area contributed by atoms with Crippen LogP contribution in [0.5, 0.6) is 0 Å². The topological polar surface area (TPSA) is 62.2 Å². The number of hydrogen-bond acceptors (Lipinski definition) is 5. The maximum absolute atomic E-state index is 14.1. The Morgan fingerprint density at radius 1 is 1.12 bits per heavy atom. The molecule has 34 heavy (non-hydrogen) atoms. The molecule has 2 aliphatic rings. The minimum Gasteiger partial charge on any atom is -0.465 e. The monoisotopic (exact) mass is 465 g/mol. The highest BCUT2D eigenvalue weighted by atomic mass is 19.1. The van der Waals surface area contributed by atoms with Gasteiger partial charge >= 0.3 is 5.97 Å². The van der Waals surface area contributed by atoms with E-state index in [-0.39, 0.29) is 24.2 Å². The molecule has 2 atom stereocenters. The van der Waals surface area contributed by atoms with Crippen LogP contribution in [-0.2, 0) is 14.3 Å². The predicted octanol–water partition coefficient (Wildman–Crippen LogP) is 4.54. The second-order valence-corrected chi connectivity index (χ2v) is 9.09. The molecule has 4 rings (SSSR count). The van der Waals surface area contributed by atoms with Crippen molar-refractivity contribution in [2.24, 2.45) is 5.10 Å². The standard InChI is InChI=1S/C27H32FN3O3/c1-4-34-27(33)24-10-5-6-13-30(24)17-26(32)31-25(21-8-7-9-22(28)15-21)16-23(29-31)20-12-11-18(2)19(3)14-20/h7-9,11-12,14-15,24-25H,4-6,10,13,16-17H2,1-3H3. The summed E-state index contributed by atoms with van der Waals surface area (Å²) in [6, 6.07) is 11.7. The summed E-state index contributed by atoms with van der Waals surface area (Å²) in [5, 5.41) is 6.21. The third-order valence-corrected chi connectivity index (χ3v) is 6.75. The van der Waals surface area contributed by atoms with Gasteiger partial charge in [-0.3, -0.25) is 14.5 Å². The maximum atomic E-state index is 14.1. The number of amides is 1. The summed E-state index contributed by atoms with van der Waals surface area (Å²) < 4.78 is 19.3. The van der Waals surface area contributed by atoms with Crippen molar-refractivity contribution < 1.29 is 18.7 Å². The third-order valence-electron chi connectivity index (χ3n) is 6.75. The summed E-state index contributed by atoms with van der Waals surface area (Å²) in [6.45, 7) is 6.93. The number of carbonyl (C=O) groups is 2. The zero-order chi connectivity index (χ0) is 24.2. The number of likely N-dealkylation sites (tertiary alicyclic amines) is 1. The molecular weight excluding hydrogens is 433 g/mol. The van der Waals surface area contributed by atoms with Crippen molar-refractivity contribution in [3.05, 3.63) is 70.5 Å². The Bertz CT molecular complexity index is 1100. The SMILES string of the molecule is CCOC(=O)C1CCCCN1CC(=O)N1N=C(c2ccc(C)c(C)c2)CC1c1cccc(F)c1. The first kappa shape index (κ1) is 24.1. The van der Waals surface area contributed by atoms with E-state index in [0.29, 0.717) is 31.6 Å². The lowest BCUT2D eigenvalue weighted by Gasteiger charge is -2.34. The molecule has 0 saturated carbocycles. The second kappa shape index (κ2) is 10.5. The molecule has 0 radical (unpaired) electrons. The Morgan fingerprint density at radius 2 is 1.94 bits per heavy atom. The van der Waals surface area contributed by atoms with Gasteiger partial charge in [0.1, 0.15) is 11.9 Å². The van der Waals surface area contributed by atoms with Gasteiger partial charge in [-0.05, 0) is 80.6 Å². The Morgan fingerprint density at radius 3 is 2.68 bits per heavy atom. The van der Waals surface area contributed by atoms with Crippen molar-refractivity contribution in [2.75, 3.05) is 19.7 Å². The smallest absolute Gasteiger partial charge is 0.323 e. The van der Waals surface area contributed by atoms with E-state index in [1.165, 1.54) is 22.7 Å². The first-order valence-corrected chi connectivity index (χ1v) is 12.0. The Kier molecular flexibility index (Phi) is 7.41. The molecule has 6 nitrogen and oxygen atoms in total. The van der Waals surface area contributed by atoms with Crippen LogP contribution in [0.4, 0.5) is 4.39 Å². The van der Waals surface area contributed by atoms with Crippen LogP contribution in [0.2, 0.25) is 0 Å². The number of nitrogens with zero attached hydrogens (tertiary/aromatic N) is 3. The molecule has 1 amide bonds. The molecule has 0 aromatic heterocycles. The second-order valence-electron chi connectivity index (χ2n) is 9.09. The summed E-state index contributed by atoms with van der Waals surface area (Å²) in [5.41, 5.74) is 4.80. The number of rotatable bonds is 6. The van der Waals surface area contributed by atoms with Crippen LogP contribution in [-0.4, -0.2) is 53.2 Å². The van der Waals surface area contributed by atoms with Crippen molar-refractivity contribution >= 4 is 17.6 Å². The van der Waals surface area contributed by atoms with Gasteiger partial charge in [0.2, 0.25) is 0 Å². The van der Waals surface area contributed by atoms with E-state index in [0.717, 1.165) is 29.7 Å². The summed E-state index contributed by atoms with van der Waals surface area (Å²) in [4.78, 5) is 27.9. The van der Waals surface area contributed by atoms with Crippen molar-refractivity contribution in [1.29, 1.82) is 0 Å². The molecule has 1 fully saturated rings. The summed E-state index contributed by atoms with van der Waals surface area (Å²) >= 11 is 0. The van der Waals surface area contributed by atoms with Gasteiger partial charge in [0.25, 0.3) is 5.91 Å². The fourth-order valence-electron chi connectivity index (χ4n) is 4.74. The van der Waals surface area contributed by atoms with Crippen molar-refractivity contribution in [3.8, 4) is 0 Å². The van der Waals surface area contributed by atoms with Crippen LogP contribution in [0, 0.1) is 19.7 Å². The number of ether oxygens (including phenoxy) is 1. The predicted molar refractivity (Wildman–Crippen MR) is 129 cm³/mol. The molecule has 0 bridgehead atoms. The van der Waals surface area contributed by atoms with Gasteiger partial charge in [0, 0.05) is 6.42 Å². The molecule has 2 heterocycles. The highest BCUT2D eigenvalue weighted by molar-refractivity contribution is 6.03. The average Bonchev–Trinajstić information content (AvgIpc) is 3.27. The van der Waals surface area contributed by atoms with Gasteiger partial charge in [-0.1, -0.05) is 30.7 Å². The molecule has 0 N–H and O–H groups in total. The number of aryl methyl sites for hydroxylation is 2. The van der Waals surface area contributed by atoms with Gasteiger partial charge in [-0.2, -0.15) is 5.10 Å². The summed E-state index contributed by atoms with van der Waals surface area (Å²) in [6.07, 6.45) is 3.03. The first-order chi connectivity index (χ1) is 16.4. The van der Waals surface area contributed by atoms with Crippen LogP contribution in [0.25, 0.3) is 0 Å². The van der Waals surface area contributed by atoms with Crippen molar-refractivity contribution in [2.45, 2.75) is 58.5 Å². The van der Waals surface area contributed by atoms with Crippen molar-refractivity contribution in [1.82, 2.24) is 9.91 Å². The lowest BCUT2D eigenvalue weighted by atomic mass is 9.96.